The third-order valence-electron chi connectivity index (χ3n) is 5.16. The first-order chi connectivity index (χ1) is 15.9. The molecule has 1 aliphatic heterocycles. The minimum atomic E-state index is -0.443. The molecule has 9 nitrogen and oxygen atoms in total. The van der Waals surface area contributed by atoms with Gasteiger partial charge in [-0.2, -0.15) is 0 Å². The van der Waals surface area contributed by atoms with Crippen molar-refractivity contribution >= 4 is 40.9 Å². The first-order valence-electron chi connectivity index (χ1n) is 10.2. The van der Waals surface area contributed by atoms with Crippen LogP contribution in [0.5, 0.6) is 0 Å². The number of carbonyl (C=O) groups is 3. The number of aromatic nitrogens is 2. The Labute approximate surface area is 194 Å². The summed E-state index contributed by atoms with van der Waals surface area (Å²) in [5.74, 6) is -0.427. The molecular weight excluding hydrogens is 444 g/mol. The topological polar surface area (TPSA) is 115 Å². The maximum Gasteiger partial charge on any atom is 0.337 e. The summed E-state index contributed by atoms with van der Waals surface area (Å²) in [7, 11) is 1.31. The lowest BCUT2D eigenvalue weighted by atomic mass is 10.1. The number of amides is 2. The van der Waals surface area contributed by atoms with Crippen molar-refractivity contribution < 1.29 is 23.5 Å². The molecular formula is C23H22N4O5S. The van der Waals surface area contributed by atoms with Gasteiger partial charge in [-0.3, -0.25) is 9.59 Å². The number of anilines is 2. The second-order valence-corrected chi connectivity index (χ2v) is 8.48. The average Bonchev–Trinajstić information content (AvgIpc) is 3.45. The molecule has 0 unspecified atom stereocenters. The Balaban J connectivity index is 1.30. The molecule has 0 bridgehead atoms. The molecule has 0 aliphatic carbocycles. The van der Waals surface area contributed by atoms with E-state index in [2.05, 4.69) is 20.3 Å². The van der Waals surface area contributed by atoms with Crippen molar-refractivity contribution in [3.05, 3.63) is 65.5 Å². The van der Waals surface area contributed by atoms with Crippen LogP contribution in [0.15, 0.2) is 58.2 Å². The number of rotatable bonds is 7. The van der Waals surface area contributed by atoms with E-state index in [-0.39, 0.29) is 28.7 Å². The summed E-state index contributed by atoms with van der Waals surface area (Å²) in [6, 6.07) is 14.2. The predicted octanol–water partition coefficient (Wildman–Crippen LogP) is 3.42. The van der Waals surface area contributed by atoms with Gasteiger partial charge in [-0.25, -0.2) is 4.79 Å². The van der Waals surface area contributed by atoms with Gasteiger partial charge in [-0.15, -0.1) is 10.2 Å². The third-order valence-corrected chi connectivity index (χ3v) is 5.98. The van der Waals surface area contributed by atoms with Gasteiger partial charge in [0.25, 0.3) is 5.22 Å². The lowest BCUT2D eigenvalue weighted by Crippen LogP contribution is -2.24. The fraction of sp³-hybridized carbons (Fsp3) is 0.261. The highest BCUT2D eigenvalue weighted by atomic mass is 32.2. The summed E-state index contributed by atoms with van der Waals surface area (Å²) in [6.45, 7) is 2.47. The summed E-state index contributed by atoms with van der Waals surface area (Å²) >= 11 is 1.11. The molecule has 1 aromatic heterocycles. The number of nitrogens with one attached hydrogen (secondary N) is 1. The van der Waals surface area contributed by atoms with Crippen LogP contribution in [0.3, 0.4) is 0 Å². The molecule has 2 aromatic carbocycles. The summed E-state index contributed by atoms with van der Waals surface area (Å²) in [4.78, 5) is 37.9. The first-order valence-corrected chi connectivity index (χ1v) is 11.2. The van der Waals surface area contributed by atoms with Crippen LogP contribution < -0.4 is 10.2 Å². The van der Waals surface area contributed by atoms with Crippen molar-refractivity contribution in [2.75, 3.05) is 29.6 Å². The Morgan fingerprint density at radius 3 is 2.58 bits per heavy atom. The minimum absolute atomic E-state index is 0.00820. The fourth-order valence-corrected chi connectivity index (χ4v) is 3.99. The molecule has 0 radical (unpaired) electrons. The minimum Gasteiger partial charge on any atom is -0.465 e. The van der Waals surface area contributed by atoms with E-state index in [4.69, 9.17) is 4.42 Å². The highest BCUT2D eigenvalue weighted by Crippen LogP contribution is 2.32. The van der Waals surface area contributed by atoms with E-state index in [1.54, 1.807) is 29.2 Å². The number of esters is 1. The number of ether oxygens (including phenoxy) is 1. The lowest BCUT2D eigenvalue weighted by molar-refractivity contribution is -0.117. The Morgan fingerprint density at radius 1 is 1.15 bits per heavy atom. The van der Waals surface area contributed by atoms with Gasteiger partial charge < -0.3 is 19.4 Å². The Morgan fingerprint density at radius 2 is 1.88 bits per heavy atom. The molecule has 0 saturated carbocycles. The molecule has 3 aromatic rings. The van der Waals surface area contributed by atoms with Crippen LogP contribution in [0.1, 0.15) is 34.2 Å². The van der Waals surface area contributed by atoms with Crippen molar-refractivity contribution in [3.63, 3.8) is 0 Å². The maximum atomic E-state index is 12.5. The second kappa shape index (κ2) is 9.86. The smallest absolute Gasteiger partial charge is 0.337 e. The van der Waals surface area contributed by atoms with Crippen LogP contribution in [-0.2, 0) is 14.3 Å². The van der Waals surface area contributed by atoms with Crippen LogP contribution in [0.2, 0.25) is 0 Å². The van der Waals surface area contributed by atoms with Crippen molar-refractivity contribution in [3.8, 4) is 0 Å². The SMILES string of the molecule is COC(=O)c1ccc(NC(=O)CSc2nnc([C@H]3CC(=O)N(c4ccc(C)cc4)C3)o2)cc1. The van der Waals surface area contributed by atoms with E-state index in [1.807, 2.05) is 31.2 Å². The number of nitrogens with zero attached hydrogens (tertiary/aromatic N) is 3. The quantitative estimate of drug-likeness (QED) is 0.416. The number of benzene rings is 2. The molecule has 170 valence electrons. The number of hydrogen-bond donors (Lipinski definition) is 1. The highest BCUT2D eigenvalue weighted by molar-refractivity contribution is 7.99. The predicted molar refractivity (Wildman–Crippen MR) is 122 cm³/mol. The number of carbonyl (C=O) groups excluding carboxylic acids is 3. The van der Waals surface area contributed by atoms with Crippen molar-refractivity contribution in [2.24, 2.45) is 0 Å². The van der Waals surface area contributed by atoms with Gasteiger partial charge in [0.15, 0.2) is 0 Å². The van der Waals surface area contributed by atoms with Gasteiger partial charge in [0.05, 0.1) is 24.3 Å². The second-order valence-electron chi connectivity index (χ2n) is 7.55. The summed E-state index contributed by atoms with van der Waals surface area (Å²) in [5.41, 5.74) is 2.93. The van der Waals surface area contributed by atoms with E-state index < -0.39 is 5.97 Å². The summed E-state index contributed by atoms with van der Waals surface area (Å²) < 4.78 is 10.4. The van der Waals surface area contributed by atoms with Crippen LogP contribution in [0.4, 0.5) is 11.4 Å². The van der Waals surface area contributed by atoms with Gasteiger partial charge in [0, 0.05) is 24.3 Å². The molecule has 1 saturated heterocycles. The fourth-order valence-electron chi connectivity index (χ4n) is 3.42. The Hall–Kier alpha value is -3.66. The number of thioether (sulfide) groups is 1. The van der Waals surface area contributed by atoms with Crippen LogP contribution in [-0.4, -0.2) is 47.4 Å². The van der Waals surface area contributed by atoms with E-state index >= 15 is 0 Å². The molecule has 2 amide bonds. The average molecular weight is 467 g/mol. The van der Waals surface area contributed by atoms with Crippen molar-refractivity contribution in [1.82, 2.24) is 10.2 Å². The molecule has 33 heavy (non-hydrogen) atoms. The van der Waals surface area contributed by atoms with Gasteiger partial charge in [0.1, 0.15) is 0 Å². The van der Waals surface area contributed by atoms with E-state index in [9.17, 15) is 14.4 Å². The third kappa shape index (κ3) is 5.40. The zero-order valence-corrected chi connectivity index (χ0v) is 18.9. The van der Waals surface area contributed by atoms with Crippen LogP contribution in [0.25, 0.3) is 0 Å². The van der Waals surface area contributed by atoms with Crippen molar-refractivity contribution in [1.29, 1.82) is 0 Å². The molecule has 0 spiro atoms. The molecule has 10 heteroatoms. The molecule has 2 heterocycles. The molecule has 1 atom stereocenters. The summed E-state index contributed by atoms with van der Waals surface area (Å²) in [5, 5.41) is 11.1. The number of hydrogen-bond acceptors (Lipinski definition) is 8. The largest absolute Gasteiger partial charge is 0.465 e. The molecule has 1 fully saturated rings. The molecule has 1 N–H and O–H groups in total. The van der Waals surface area contributed by atoms with Gasteiger partial charge in [0.2, 0.25) is 17.7 Å². The Bertz CT molecular complexity index is 1160. The molecule has 1 aliphatic rings. The van der Waals surface area contributed by atoms with E-state index in [0.29, 0.717) is 30.1 Å². The van der Waals surface area contributed by atoms with E-state index in [0.717, 1.165) is 23.0 Å². The summed E-state index contributed by atoms with van der Waals surface area (Å²) in [6.07, 6.45) is 0.294. The zero-order chi connectivity index (χ0) is 23.4. The van der Waals surface area contributed by atoms with Gasteiger partial charge >= 0.3 is 5.97 Å². The number of methoxy groups -OCH3 is 1. The van der Waals surface area contributed by atoms with Crippen LogP contribution in [0, 0.1) is 6.92 Å². The first kappa shape index (κ1) is 22.5. The van der Waals surface area contributed by atoms with Crippen LogP contribution >= 0.6 is 11.8 Å². The standard InChI is InChI=1S/C23H22N4O5S/c1-14-3-9-18(10-4-14)27-12-16(11-20(27)29)21-25-26-23(32-21)33-13-19(28)24-17-7-5-15(6-8-17)22(30)31-2/h3-10,16H,11-13H2,1-2H3,(H,24,28)/t16-/m0/s1. The lowest BCUT2D eigenvalue weighted by Gasteiger charge is -2.16. The van der Waals surface area contributed by atoms with E-state index in [1.165, 1.54) is 7.11 Å². The van der Waals surface area contributed by atoms with Gasteiger partial charge in [-0.1, -0.05) is 29.5 Å². The molecule has 4 rings (SSSR count). The number of aryl methyl sites for hydroxylation is 1. The van der Waals surface area contributed by atoms with Gasteiger partial charge in [-0.05, 0) is 43.3 Å². The van der Waals surface area contributed by atoms with Crippen molar-refractivity contribution in [2.45, 2.75) is 24.5 Å². The maximum absolute atomic E-state index is 12.5. The Kier molecular flexibility index (Phi) is 6.74. The normalized spacial score (nSPS) is 15.5. The zero-order valence-electron chi connectivity index (χ0n) is 18.1. The monoisotopic (exact) mass is 466 g/mol. The highest BCUT2D eigenvalue weighted by Gasteiger charge is 2.35.